The molecule has 0 bridgehead atoms. The van der Waals surface area contributed by atoms with Crippen LogP contribution < -0.4 is 4.74 Å². The zero-order chi connectivity index (χ0) is 31.2. The number of non-ortho nitro benzene ring substituents is 2. The summed E-state index contributed by atoms with van der Waals surface area (Å²) >= 11 is 0. The van der Waals surface area contributed by atoms with E-state index in [9.17, 15) is 29.8 Å². The molecule has 0 saturated heterocycles. The molecule has 222 valence electrons. The molecule has 0 radical (unpaired) electrons. The van der Waals surface area contributed by atoms with Crippen molar-refractivity contribution in [1.29, 1.82) is 0 Å². The summed E-state index contributed by atoms with van der Waals surface area (Å²) in [6.45, 7) is 0.256. The van der Waals surface area contributed by atoms with Gasteiger partial charge in [0.25, 0.3) is 11.4 Å². The number of ketones is 2. The fraction of sp³-hybridized carbons (Fsp3) is 0.188. The van der Waals surface area contributed by atoms with E-state index in [1.807, 2.05) is 30.3 Å². The Morgan fingerprint density at radius 2 is 1.41 bits per heavy atom. The van der Waals surface area contributed by atoms with Gasteiger partial charge in [-0.3, -0.25) is 34.8 Å². The van der Waals surface area contributed by atoms with Gasteiger partial charge in [0.15, 0.2) is 11.6 Å². The van der Waals surface area contributed by atoms with Crippen LogP contribution in [0.1, 0.15) is 50.2 Å². The van der Waals surface area contributed by atoms with E-state index in [4.69, 9.17) is 4.74 Å². The molecule has 44 heavy (non-hydrogen) atoms. The number of benzene rings is 4. The Bertz CT molecular complexity index is 1690. The van der Waals surface area contributed by atoms with E-state index in [1.165, 1.54) is 55.6 Å². The molecule has 3 atom stereocenters. The number of nitro groups is 2. The van der Waals surface area contributed by atoms with Crippen LogP contribution in [0.3, 0.4) is 0 Å². The van der Waals surface area contributed by atoms with Gasteiger partial charge in [0.05, 0.1) is 23.5 Å². The summed E-state index contributed by atoms with van der Waals surface area (Å²) in [4.78, 5) is 49.3. The minimum Gasteiger partial charge on any atom is -0.497 e. The van der Waals surface area contributed by atoms with Crippen LogP contribution in [0.5, 0.6) is 5.75 Å². The summed E-state index contributed by atoms with van der Waals surface area (Å²) in [6, 6.07) is 25.7. The largest absolute Gasteiger partial charge is 0.497 e. The Hall–Kier alpha value is -5.78. The highest BCUT2D eigenvalue weighted by Gasteiger charge is 2.40. The van der Waals surface area contributed by atoms with E-state index in [1.54, 1.807) is 29.3 Å². The van der Waals surface area contributed by atoms with E-state index in [2.05, 4.69) is 10.3 Å². The van der Waals surface area contributed by atoms with Gasteiger partial charge in [-0.1, -0.05) is 47.7 Å². The maximum absolute atomic E-state index is 14.3. The van der Waals surface area contributed by atoms with Crippen molar-refractivity contribution in [2.45, 2.75) is 24.4 Å². The topological polar surface area (TPSA) is 158 Å². The molecule has 0 aromatic heterocycles. The second kappa shape index (κ2) is 13.0. The molecular weight excluding hydrogens is 566 g/mol. The second-order valence-electron chi connectivity index (χ2n) is 10.2. The highest BCUT2D eigenvalue weighted by atomic mass is 16.6. The third kappa shape index (κ3) is 6.49. The Kier molecular flexibility index (Phi) is 8.80. The van der Waals surface area contributed by atoms with Gasteiger partial charge < -0.3 is 4.74 Å². The zero-order valence-electron chi connectivity index (χ0n) is 23.6. The molecule has 0 aliphatic carbocycles. The van der Waals surface area contributed by atoms with Crippen molar-refractivity contribution >= 4 is 22.9 Å². The first-order valence-corrected chi connectivity index (χ1v) is 13.7. The van der Waals surface area contributed by atoms with Crippen LogP contribution in [-0.4, -0.2) is 46.1 Å². The van der Waals surface area contributed by atoms with Crippen LogP contribution in [0.25, 0.3) is 0 Å². The van der Waals surface area contributed by atoms with E-state index < -0.39 is 27.6 Å². The van der Waals surface area contributed by atoms with Gasteiger partial charge >= 0.3 is 0 Å². The third-order valence-corrected chi connectivity index (χ3v) is 7.53. The highest BCUT2D eigenvalue weighted by molar-refractivity contribution is 6.02. The van der Waals surface area contributed by atoms with E-state index in [0.29, 0.717) is 11.3 Å². The number of nitro benzene ring substituents is 2. The number of carbonyl (C=O) groups is 2. The predicted octanol–water partition coefficient (Wildman–Crippen LogP) is 6.54. The van der Waals surface area contributed by atoms with Gasteiger partial charge in [-0.25, -0.2) is 0 Å². The van der Waals surface area contributed by atoms with Crippen molar-refractivity contribution in [3.63, 3.8) is 0 Å². The Balaban J connectivity index is 1.56. The summed E-state index contributed by atoms with van der Waals surface area (Å²) in [5.74, 6) is -0.903. The first-order valence-electron chi connectivity index (χ1n) is 13.7. The minimum absolute atomic E-state index is 0.143. The number of nitrogens with zero attached hydrogens (tertiary/aromatic N) is 5. The molecule has 12 heteroatoms. The van der Waals surface area contributed by atoms with Crippen LogP contribution in [0, 0.1) is 20.2 Å². The Labute approximate surface area is 251 Å². The summed E-state index contributed by atoms with van der Waals surface area (Å²) in [6.07, 6.45) is -0.143. The standard InChI is InChI=1S/C32H27N5O7/c1-44-27-17-11-21(12-18-27)28(19-30(38)23-7-13-25(14-8-23)36(40)41)31(32(39)24-9-15-26(16-10-24)37(42)43)35-20-29(33-34-35)22-5-3-2-4-6-22/h2-18,28-29,31H,19-20H2,1H3. The molecular formula is C32H27N5O7. The van der Waals surface area contributed by atoms with Gasteiger partial charge in [0.2, 0.25) is 0 Å². The molecule has 5 rings (SSSR count). The van der Waals surface area contributed by atoms with Crippen LogP contribution in [0.4, 0.5) is 11.4 Å². The van der Waals surface area contributed by atoms with Crippen molar-refractivity contribution in [3.8, 4) is 5.75 Å². The smallest absolute Gasteiger partial charge is 0.269 e. The van der Waals surface area contributed by atoms with Crippen LogP contribution in [0.15, 0.2) is 113 Å². The first-order chi connectivity index (χ1) is 21.2. The van der Waals surface area contributed by atoms with Gasteiger partial charge in [0, 0.05) is 47.7 Å². The van der Waals surface area contributed by atoms with Gasteiger partial charge in [-0.2, -0.15) is 5.11 Å². The van der Waals surface area contributed by atoms with Crippen molar-refractivity contribution in [3.05, 3.63) is 146 Å². The predicted molar refractivity (Wildman–Crippen MR) is 160 cm³/mol. The van der Waals surface area contributed by atoms with E-state index >= 15 is 0 Å². The van der Waals surface area contributed by atoms with Gasteiger partial charge in [0.1, 0.15) is 17.8 Å². The van der Waals surface area contributed by atoms with Crippen molar-refractivity contribution in [2.24, 2.45) is 10.3 Å². The number of Topliss-reactive ketones (excluding diaryl/α,β-unsaturated/α-hetero) is 2. The second-order valence-corrected chi connectivity index (χ2v) is 10.2. The molecule has 1 heterocycles. The average Bonchev–Trinajstić information content (AvgIpc) is 3.54. The van der Waals surface area contributed by atoms with Gasteiger partial charge in [-0.15, -0.1) is 0 Å². The lowest BCUT2D eigenvalue weighted by atomic mass is 9.81. The molecule has 4 aromatic carbocycles. The normalized spacial score (nSPS) is 15.4. The fourth-order valence-corrected chi connectivity index (χ4v) is 5.19. The number of methoxy groups -OCH3 is 1. The minimum atomic E-state index is -1.02. The fourth-order valence-electron chi connectivity index (χ4n) is 5.19. The summed E-state index contributed by atoms with van der Waals surface area (Å²) < 4.78 is 5.31. The molecule has 0 N–H and O–H groups in total. The Morgan fingerprint density at radius 1 is 0.841 bits per heavy atom. The lowest BCUT2D eigenvalue weighted by Gasteiger charge is -2.32. The quantitative estimate of drug-likeness (QED) is 0.102. The van der Waals surface area contributed by atoms with Crippen LogP contribution in [-0.2, 0) is 0 Å². The molecule has 1 aliphatic heterocycles. The number of rotatable bonds is 12. The van der Waals surface area contributed by atoms with E-state index in [-0.39, 0.29) is 47.3 Å². The monoisotopic (exact) mass is 593 g/mol. The maximum Gasteiger partial charge on any atom is 0.269 e. The molecule has 0 spiro atoms. The van der Waals surface area contributed by atoms with Gasteiger partial charge in [-0.05, 0) is 47.5 Å². The lowest BCUT2D eigenvalue weighted by molar-refractivity contribution is -0.385. The summed E-state index contributed by atoms with van der Waals surface area (Å²) in [5.41, 5.74) is 1.70. The first kappa shape index (κ1) is 29.7. The summed E-state index contributed by atoms with van der Waals surface area (Å²) in [5, 5.41) is 32.8. The van der Waals surface area contributed by atoms with E-state index in [0.717, 1.165) is 5.56 Å². The molecule has 1 aliphatic rings. The molecule has 0 saturated carbocycles. The average molecular weight is 594 g/mol. The molecule has 3 unspecified atom stereocenters. The number of hydrogen-bond donors (Lipinski definition) is 0. The molecule has 0 amide bonds. The SMILES string of the molecule is COc1ccc(C(CC(=O)c2ccc([N+](=O)[O-])cc2)C(C(=O)c2ccc([N+](=O)[O-])cc2)N2CC(c3ccccc3)N=N2)cc1. The number of ether oxygens (including phenoxy) is 1. The lowest BCUT2D eigenvalue weighted by Crippen LogP contribution is -2.43. The van der Waals surface area contributed by atoms with Crippen molar-refractivity contribution in [1.82, 2.24) is 5.01 Å². The molecule has 12 nitrogen and oxygen atoms in total. The third-order valence-electron chi connectivity index (χ3n) is 7.53. The summed E-state index contributed by atoms with van der Waals surface area (Å²) in [7, 11) is 1.53. The Morgan fingerprint density at radius 3 is 1.95 bits per heavy atom. The highest BCUT2D eigenvalue weighted by Crippen LogP contribution is 2.36. The van der Waals surface area contributed by atoms with Crippen molar-refractivity contribution < 1.29 is 24.2 Å². The van der Waals surface area contributed by atoms with Crippen molar-refractivity contribution in [2.75, 3.05) is 13.7 Å². The number of hydrogen-bond acceptors (Lipinski definition) is 10. The molecule has 4 aromatic rings. The molecule has 0 fully saturated rings. The van der Waals surface area contributed by atoms with Crippen LogP contribution >= 0.6 is 0 Å². The maximum atomic E-state index is 14.3. The zero-order valence-corrected chi connectivity index (χ0v) is 23.6. The number of carbonyl (C=O) groups excluding carboxylic acids is 2. The van der Waals surface area contributed by atoms with Crippen LogP contribution in [0.2, 0.25) is 0 Å².